The lowest BCUT2D eigenvalue weighted by atomic mass is 10.1. The molecule has 0 radical (unpaired) electrons. The smallest absolute Gasteiger partial charge is 0.0923 e. The van der Waals surface area contributed by atoms with Crippen LogP contribution in [0.2, 0.25) is 0 Å². The Hall–Kier alpha value is -2.59. The van der Waals surface area contributed by atoms with Crippen LogP contribution in [0.25, 0.3) is 11.3 Å². The van der Waals surface area contributed by atoms with Gasteiger partial charge in [0.25, 0.3) is 0 Å². The number of hydrogen-bond acceptors (Lipinski definition) is 3. The fraction of sp³-hybridized carbons (Fsp3) is 0.286. The summed E-state index contributed by atoms with van der Waals surface area (Å²) in [5.41, 5.74) is 4.87. The maximum atomic E-state index is 4.73. The Kier molecular flexibility index (Phi) is 4.79. The molecular formula is C21H24N4. The first-order chi connectivity index (χ1) is 12.4. The van der Waals surface area contributed by atoms with Crippen LogP contribution in [0.4, 0.5) is 5.69 Å². The van der Waals surface area contributed by atoms with Crippen LogP contribution in [0, 0.1) is 0 Å². The third-order valence-corrected chi connectivity index (χ3v) is 4.76. The van der Waals surface area contributed by atoms with Crippen molar-refractivity contribution in [2.24, 2.45) is 0 Å². The molecule has 0 saturated carbocycles. The average Bonchev–Trinajstić information content (AvgIpc) is 3.17. The molecule has 4 rings (SSSR count). The van der Waals surface area contributed by atoms with Crippen LogP contribution in [0.5, 0.6) is 0 Å². The molecule has 0 amide bonds. The van der Waals surface area contributed by atoms with Crippen molar-refractivity contribution in [1.82, 2.24) is 15.1 Å². The van der Waals surface area contributed by atoms with E-state index >= 15 is 0 Å². The zero-order valence-corrected chi connectivity index (χ0v) is 14.4. The number of benzene rings is 2. The van der Waals surface area contributed by atoms with Gasteiger partial charge in [0.2, 0.25) is 0 Å². The number of nitrogens with one attached hydrogen (secondary N) is 1. The van der Waals surface area contributed by atoms with Crippen LogP contribution < -0.4 is 10.2 Å². The maximum absolute atomic E-state index is 4.73. The van der Waals surface area contributed by atoms with Crippen molar-refractivity contribution in [1.29, 1.82) is 0 Å². The van der Waals surface area contributed by atoms with Gasteiger partial charge in [-0.2, -0.15) is 5.10 Å². The molecule has 1 N–H and O–H groups in total. The fourth-order valence-electron chi connectivity index (χ4n) is 3.29. The van der Waals surface area contributed by atoms with E-state index in [4.69, 9.17) is 5.10 Å². The summed E-state index contributed by atoms with van der Waals surface area (Å²) in [6.45, 7) is 5.19. The molecule has 1 saturated heterocycles. The van der Waals surface area contributed by atoms with E-state index in [0.717, 1.165) is 44.8 Å². The summed E-state index contributed by atoms with van der Waals surface area (Å²) in [4.78, 5) is 2.43. The van der Waals surface area contributed by atoms with E-state index in [0.29, 0.717) is 0 Å². The first kappa shape index (κ1) is 15.9. The van der Waals surface area contributed by atoms with Crippen molar-refractivity contribution in [3.63, 3.8) is 0 Å². The number of aromatic nitrogens is 2. The van der Waals surface area contributed by atoms with Crippen LogP contribution in [-0.2, 0) is 13.0 Å². The Morgan fingerprint density at radius 3 is 2.40 bits per heavy atom. The van der Waals surface area contributed by atoms with Gasteiger partial charge in [-0.05, 0) is 30.2 Å². The second kappa shape index (κ2) is 7.53. The molecular weight excluding hydrogens is 308 g/mol. The van der Waals surface area contributed by atoms with E-state index in [-0.39, 0.29) is 0 Å². The highest BCUT2D eigenvalue weighted by atomic mass is 15.3. The standard InChI is InChI=1S/C21H24N4/c1-2-4-18(5-3-1)10-14-25-15-11-21(23-25)19-6-8-20(9-7-19)24-16-12-22-13-17-24/h1-9,11,15,22H,10,12-14,16-17H2. The van der Waals surface area contributed by atoms with Crippen molar-refractivity contribution >= 4 is 5.69 Å². The van der Waals surface area contributed by atoms with E-state index in [1.54, 1.807) is 0 Å². The Labute approximate surface area is 149 Å². The van der Waals surface area contributed by atoms with Gasteiger partial charge in [-0.1, -0.05) is 42.5 Å². The second-order valence-corrected chi connectivity index (χ2v) is 6.48. The Morgan fingerprint density at radius 2 is 1.64 bits per heavy atom. The minimum Gasteiger partial charge on any atom is -0.369 e. The summed E-state index contributed by atoms with van der Waals surface area (Å²) < 4.78 is 2.03. The Balaban J connectivity index is 1.41. The van der Waals surface area contributed by atoms with Crippen molar-refractivity contribution in [2.75, 3.05) is 31.1 Å². The number of hydrogen-bond donors (Lipinski definition) is 1. The minimum atomic E-state index is 0.906. The minimum absolute atomic E-state index is 0.906. The summed E-state index contributed by atoms with van der Waals surface area (Å²) in [6, 6.07) is 21.5. The third kappa shape index (κ3) is 3.91. The number of piperazine rings is 1. The van der Waals surface area contributed by atoms with Crippen LogP contribution in [-0.4, -0.2) is 36.0 Å². The summed E-state index contributed by atoms with van der Waals surface area (Å²) >= 11 is 0. The zero-order chi connectivity index (χ0) is 16.9. The SMILES string of the molecule is c1ccc(CCn2ccc(-c3ccc(N4CCNCC4)cc3)n2)cc1. The maximum Gasteiger partial charge on any atom is 0.0923 e. The lowest BCUT2D eigenvalue weighted by Crippen LogP contribution is -2.43. The van der Waals surface area contributed by atoms with Gasteiger partial charge >= 0.3 is 0 Å². The van der Waals surface area contributed by atoms with Gasteiger partial charge in [-0.3, -0.25) is 4.68 Å². The molecule has 0 atom stereocenters. The predicted molar refractivity (Wildman–Crippen MR) is 103 cm³/mol. The molecule has 4 nitrogen and oxygen atoms in total. The molecule has 0 bridgehead atoms. The molecule has 25 heavy (non-hydrogen) atoms. The van der Waals surface area contributed by atoms with Gasteiger partial charge in [0.1, 0.15) is 0 Å². The van der Waals surface area contributed by atoms with Gasteiger partial charge in [0.05, 0.1) is 5.69 Å². The highest BCUT2D eigenvalue weighted by Crippen LogP contribution is 2.22. The average molecular weight is 332 g/mol. The largest absolute Gasteiger partial charge is 0.369 e. The van der Waals surface area contributed by atoms with E-state index in [2.05, 4.69) is 77.1 Å². The highest BCUT2D eigenvalue weighted by molar-refractivity contribution is 5.63. The van der Waals surface area contributed by atoms with E-state index in [9.17, 15) is 0 Å². The van der Waals surface area contributed by atoms with Gasteiger partial charge in [0, 0.05) is 50.2 Å². The molecule has 1 aromatic heterocycles. The van der Waals surface area contributed by atoms with E-state index in [1.807, 2.05) is 4.68 Å². The summed E-state index contributed by atoms with van der Waals surface area (Å²) in [6.07, 6.45) is 3.08. The molecule has 1 aliphatic rings. The van der Waals surface area contributed by atoms with E-state index in [1.165, 1.54) is 16.8 Å². The lowest BCUT2D eigenvalue weighted by Gasteiger charge is -2.29. The quantitative estimate of drug-likeness (QED) is 0.779. The Bertz CT molecular complexity index is 786. The second-order valence-electron chi connectivity index (χ2n) is 6.48. The lowest BCUT2D eigenvalue weighted by molar-refractivity contribution is 0.589. The fourth-order valence-corrected chi connectivity index (χ4v) is 3.29. The highest BCUT2D eigenvalue weighted by Gasteiger charge is 2.10. The molecule has 0 unspecified atom stereocenters. The third-order valence-electron chi connectivity index (χ3n) is 4.76. The molecule has 0 aliphatic carbocycles. The molecule has 128 valence electrons. The predicted octanol–water partition coefficient (Wildman–Crippen LogP) is 3.20. The molecule has 2 heterocycles. The Morgan fingerprint density at radius 1 is 0.880 bits per heavy atom. The van der Waals surface area contributed by atoms with Gasteiger partial charge in [-0.15, -0.1) is 0 Å². The number of nitrogens with zero attached hydrogens (tertiary/aromatic N) is 3. The van der Waals surface area contributed by atoms with Crippen molar-refractivity contribution in [3.8, 4) is 11.3 Å². The molecule has 1 fully saturated rings. The molecule has 4 heteroatoms. The number of aryl methyl sites for hydroxylation is 2. The van der Waals surface area contributed by atoms with E-state index < -0.39 is 0 Å². The summed E-state index contributed by atoms with van der Waals surface area (Å²) in [5, 5.41) is 8.12. The van der Waals surface area contributed by atoms with Gasteiger partial charge < -0.3 is 10.2 Å². The number of rotatable bonds is 5. The van der Waals surface area contributed by atoms with Crippen LogP contribution in [0.1, 0.15) is 5.56 Å². The van der Waals surface area contributed by atoms with Crippen molar-refractivity contribution < 1.29 is 0 Å². The molecule has 2 aromatic carbocycles. The summed E-state index contributed by atoms with van der Waals surface area (Å²) in [7, 11) is 0. The molecule has 1 aliphatic heterocycles. The van der Waals surface area contributed by atoms with Crippen molar-refractivity contribution in [3.05, 3.63) is 72.4 Å². The van der Waals surface area contributed by atoms with Crippen LogP contribution in [0.15, 0.2) is 66.9 Å². The normalized spacial score (nSPS) is 14.6. The topological polar surface area (TPSA) is 33.1 Å². The van der Waals surface area contributed by atoms with Gasteiger partial charge in [0.15, 0.2) is 0 Å². The van der Waals surface area contributed by atoms with Crippen LogP contribution >= 0.6 is 0 Å². The first-order valence-electron chi connectivity index (χ1n) is 9.02. The monoisotopic (exact) mass is 332 g/mol. The zero-order valence-electron chi connectivity index (χ0n) is 14.4. The summed E-state index contributed by atoms with van der Waals surface area (Å²) in [5.74, 6) is 0. The molecule has 3 aromatic rings. The first-order valence-corrected chi connectivity index (χ1v) is 9.02. The van der Waals surface area contributed by atoms with Crippen molar-refractivity contribution in [2.45, 2.75) is 13.0 Å². The number of anilines is 1. The van der Waals surface area contributed by atoms with Crippen LogP contribution in [0.3, 0.4) is 0 Å². The van der Waals surface area contributed by atoms with Gasteiger partial charge in [-0.25, -0.2) is 0 Å². The molecule has 0 spiro atoms.